The van der Waals surface area contributed by atoms with E-state index in [0.717, 1.165) is 11.1 Å². The topological polar surface area (TPSA) is 92.2 Å². The van der Waals surface area contributed by atoms with E-state index in [9.17, 15) is 9.59 Å². The molecule has 7 nitrogen and oxygen atoms in total. The molecule has 0 fully saturated rings. The molecule has 4 rings (SSSR count). The number of aromatic nitrogens is 4. The van der Waals surface area contributed by atoms with Crippen molar-refractivity contribution >= 4 is 17.6 Å². The molecule has 0 spiro atoms. The standard InChI is InChI=1S/C21H19N5O2/c1-13-14(2)22-21-24-20(25-26(21)19(13)28)23-18(27)17(15-9-5-3-6-10-15)16-11-7-4-8-12-16/h3-12,17H,1-2H3,(H2,22,23,24,25,27). The minimum atomic E-state index is -0.510. The summed E-state index contributed by atoms with van der Waals surface area (Å²) < 4.78 is 1.23. The first-order valence-corrected chi connectivity index (χ1v) is 8.91. The number of carbonyl (C=O) groups excluding carboxylic acids is 1. The molecule has 0 bridgehead atoms. The Balaban J connectivity index is 1.72. The van der Waals surface area contributed by atoms with Crippen molar-refractivity contribution in [3.63, 3.8) is 0 Å². The summed E-state index contributed by atoms with van der Waals surface area (Å²) in [7, 11) is 0. The van der Waals surface area contributed by atoms with Crippen molar-refractivity contribution in [2.75, 3.05) is 5.32 Å². The Bertz CT molecular complexity index is 1160. The van der Waals surface area contributed by atoms with Crippen LogP contribution in [-0.2, 0) is 4.79 Å². The highest BCUT2D eigenvalue weighted by Gasteiger charge is 2.24. The second kappa shape index (κ2) is 7.11. The number of nitrogens with zero attached hydrogens (tertiary/aromatic N) is 3. The first-order valence-electron chi connectivity index (χ1n) is 8.91. The maximum Gasteiger partial charge on any atom is 0.277 e. The van der Waals surface area contributed by atoms with Gasteiger partial charge in [0.1, 0.15) is 0 Å². The molecule has 0 unspecified atom stereocenters. The van der Waals surface area contributed by atoms with Crippen LogP contribution in [0.1, 0.15) is 28.3 Å². The molecule has 2 heterocycles. The minimum Gasteiger partial charge on any atom is -0.294 e. The third kappa shape index (κ3) is 3.18. The van der Waals surface area contributed by atoms with Crippen molar-refractivity contribution < 1.29 is 4.79 Å². The van der Waals surface area contributed by atoms with Gasteiger partial charge in [-0.05, 0) is 25.0 Å². The normalized spacial score (nSPS) is 11.1. The van der Waals surface area contributed by atoms with Gasteiger partial charge in [0.05, 0.1) is 5.92 Å². The zero-order valence-electron chi connectivity index (χ0n) is 15.5. The number of hydrogen-bond acceptors (Lipinski definition) is 4. The molecule has 0 radical (unpaired) electrons. The maximum absolute atomic E-state index is 13.1. The van der Waals surface area contributed by atoms with Gasteiger partial charge in [-0.1, -0.05) is 60.7 Å². The van der Waals surface area contributed by atoms with Gasteiger partial charge >= 0.3 is 0 Å². The van der Waals surface area contributed by atoms with E-state index in [-0.39, 0.29) is 23.2 Å². The molecule has 0 saturated carbocycles. The number of H-pyrrole nitrogens is 1. The van der Waals surface area contributed by atoms with Crippen molar-refractivity contribution in [2.45, 2.75) is 19.8 Å². The monoisotopic (exact) mass is 373 g/mol. The largest absolute Gasteiger partial charge is 0.294 e. The summed E-state index contributed by atoms with van der Waals surface area (Å²) in [5, 5.41) is 5.61. The molecular formula is C21H19N5O2. The number of aryl methyl sites for hydroxylation is 1. The minimum absolute atomic E-state index is 0.177. The summed E-state index contributed by atoms with van der Waals surface area (Å²) in [4.78, 5) is 34.0. The molecule has 140 valence electrons. The van der Waals surface area contributed by atoms with Crippen LogP contribution in [0.25, 0.3) is 5.78 Å². The van der Waals surface area contributed by atoms with Crippen molar-refractivity contribution in [1.82, 2.24) is 19.6 Å². The van der Waals surface area contributed by atoms with Crippen LogP contribution in [-0.4, -0.2) is 25.5 Å². The van der Waals surface area contributed by atoms with Gasteiger partial charge in [0.2, 0.25) is 11.9 Å². The first kappa shape index (κ1) is 17.7. The Hall–Kier alpha value is -3.74. The van der Waals surface area contributed by atoms with Gasteiger partial charge in [-0.3, -0.25) is 20.0 Å². The predicted molar refractivity (Wildman–Crippen MR) is 106 cm³/mol. The van der Waals surface area contributed by atoms with Crippen molar-refractivity contribution in [3.8, 4) is 0 Å². The van der Waals surface area contributed by atoms with E-state index in [1.807, 2.05) is 60.7 Å². The number of carbonyl (C=O) groups is 1. The number of anilines is 1. The third-order valence-corrected chi connectivity index (χ3v) is 4.73. The number of hydrogen-bond donors (Lipinski definition) is 2. The maximum atomic E-state index is 13.1. The van der Waals surface area contributed by atoms with Crippen LogP contribution < -0.4 is 10.9 Å². The van der Waals surface area contributed by atoms with Crippen LogP contribution in [0.4, 0.5) is 5.95 Å². The smallest absolute Gasteiger partial charge is 0.277 e. The predicted octanol–water partition coefficient (Wildman–Crippen LogP) is 2.81. The van der Waals surface area contributed by atoms with E-state index in [2.05, 4.69) is 20.4 Å². The Morgan fingerprint density at radius 2 is 1.54 bits per heavy atom. The van der Waals surface area contributed by atoms with Gasteiger partial charge in [-0.25, -0.2) is 4.98 Å². The lowest BCUT2D eigenvalue weighted by molar-refractivity contribution is -0.116. The van der Waals surface area contributed by atoms with Crippen LogP contribution >= 0.6 is 0 Å². The summed E-state index contributed by atoms with van der Waals surface area (Å²) >= 11 is 0. The third-order valence-electron chi connectivity index (χ3n) is 4.73. The Morgan fingerprint density at radius 3 is 2.11 bits per heavy atom. The Labute approximate surface area is 161 Å². The number of benzene rings is 2. The average molecular weight is 373 g/mol. The van der Waals surface area contributed by atoms with Gasteiger partial charge < -0.3 is 0 Å². The molecule has 0 atom stereocenters. The fraction of sp³-hybridized carbons (Fsp3) is 0.143. The summed E-state index contributed by atoms with van der Waals surface area (Å²) in [5.41, 5.74) is 2.64. The molecular weight excluding hydrogens is 354 g/mol. The summed E-state index contributed by atoms with van der Waals surface area (Å²) in [6.07, 6.45) is 0. The van der Waals surface area contributed by atoms with Gasteiger partial charge in [0.15, 0.2) is 0 Å². The summed E-state index contributed by atoms with van der Waals surface area (Å²) in [6.45, 7) is 3.46. The van der Waals surface area contributed by atoms with Crippen molar-refractivity contribution in [2.24, 2.45) is 0 Å². The van der Waals surface area contributed by atoms with Gasteiger partial charge in [-0.15, -0.1) is 0 Å². The zero-order chi connectivity index (χ0) is 19.7. The molecule has 2 aromatic heterocycles. The van der Waals surface area contributed by atoms with E-state index in [1.54, 1.807) is 13.8 Å². The number of nitrogens with one attached hydrogen (secondary N) is 2. The van der Waals surface area contributed by atoms with Gasteiger partial charge in [0, 0.05) is 11.3 Å². The summed E-state index contributed by atoms with van der Waals surface area (Å²) in [6, 6.07) is 19.1. The fourth-order valence-electron chi connectivity index (χ4n) is 3.13. The quantitative estimate of drug-likeness (QED) is 0.575. The van der Waals surface area contributed by atoms with Crippen molar-refractivity contribution in [3.05, 3.63) is 93.4 Å². The molecule has 7 heteroatoms. The Kier molecular flexibility index (Phi) is 4.49. The molecule has 28 heavy (non-hydrogen) atoms. The second-order valence-electron chi connectivity index (χ2n) is 6.58. The van der Waals surface area contributed by atoms with Gasteiger partial charge in [0.25, 0.3) is 11.3 Å². The van der Waals surface area contributed by atoms with Crippen LogP contribution in [0.15, 0.2) is 65.5 Å². The highest BCUT2D eigenvalue weighted by atomic mass is 16.2. The molecule has 2 N–H and O–H groups in total. The molecule has 0 aliphatic heterocycles. The van der Waals surface area contributed by atoms with Crippen LogP contribution in [0.2, 0.25) is 0 Å². The van der Waals surface area contributed by atoms with Gasteiger partial charge in [-0.2, -0.15) is 9.50 Å². The number of aromatic amines is 1. The molecule has 0 saturated heterocycles. The van der Waals surface area contributed by atoms with E-state index in [1.165, 1.54) is 4.52 Å². The van der Waals surface area contributed by atoms with Crippen LogP contribution in [0.5, 0.6) is 0 Å². The summed E-state index contributed by atoms with van der Waals surface area (Å²) in [5.74, 6) is -0.363. The fourth-order valence-corrected chi connectivity index (χ4v) is 3.13. The molecule has 0 aliphatic carbocycles. The van der Waals surface area contributed by atoms with E-state index < -0.39 is 5.92 Å². The molecule has 1 amide bonds. The number of amides is 1. The number of rotatable bonds is 4. The van der Waals surface area contributed by atoms with E-state index >= 15 is 0 Å². The Morgan fingerprint density at radius 1 is 0.964 bits per heavy atom. The van der Waals surface area contributed by atoms with Crippen molar-refractivity contribution in [1.29, 1.82) is 0 Å². The van der Waals surface area contributed by atoms with E-state index in [4.69, 9.17) is 0 Å². The lowest BCUT2D eigenvalue weighted by Crippen LogP contribution is -2.23. The van der Waals surface area contributed by atoms with Crippen LogP contribution in [0.3, 0.4) is 0 Å². The highest BCUT2D eigenvalue weighted by molar-refractivity contribution is 5.97. The van der Waals surface area contributed by atoms with E-state index in [0.29, 0.717) is 11.3 Å². The zero-order valence-corrected chi connectivity index (χ0v) is 15.5. The second-order valence-corrected chi connectivity index (χ2v) is 6.58. The highest BCUT2D eigenvalue weighted by Crippen LogP contribution is 2.25. The number of fused-ring (bicyclic) bond motifs is 1. The lowest BCUT2D eigenvalue weighted by atomic mass is 9.90. The lowest BCUT2D eigenvalue weighted by Gasteiger charge is -2.16. The first-order chi connectivity index (χ1) is 13.5. The molecule has 0 aliphatic rings. The average Bonchev–Trinajstić information content (AvgIpc) is 3.10. The SMILES string of the molecule is Cc1nc2nc(NC(=O)C(c3ccccc3)c3ccccc3)[nH]n2c(=O)c1C. The molecule has 2 aromatic carbocycles. The van der Waals surface area contributed by atoms with Crippen LogP contribution in [0, 0.1) is 13.8 Å². The molecule has 4 aromatic rings.